The monoisotopic (exact) mass is 262 g/mol. The lowest BCUT2D eigenvalue weighted by Gasteiger charge is -2.25. The normalized spacial score (nSPS) is 18.5. The first-order valence-corrected chi connectivity index (χ1v) is 7.09. The minimum absolute atomic E-state index is 0.0442. The lowest BCUT2D eigenvalue weighted by Crippen LogP contribution is -2.41. The summed E-state index contributed by atoms with van der Waals surface area (Å²) >= 11 is 0. The van der Waals surface area contributed by atoms with E-state index >= 15 is 0 Å². The molecule has 1 aromatic heterocycles. The van der Waals surface area contributed by atoms with Gasteiger partial charge in [0, 0.05) is 31.5 Å². The molecule has 0 radical (unpaired) electrons. The van der Waals surface area contributed by atoms with Gasteiger partial charge >= 0.3 is 0 Å². The Balaban J connectivity index is 2.01. The molecular weight excluding hydrogens is 240 g/mol. The van der Waals surface area contributed by atoms with Gasteiger partial charge in [-0.25, -0.2) is 9.97 Å². The lowest BCUT2D eigenvalue weighted by atomic mass is 10.2. The number of aromatic nitrogens is 2. The number of nitrogens with one attached hydrogen (secondary N) is 1. The lowest BCUT2D eigenvalue weighted by molar-refractivity contribution is 0.0738. The third-order valence-electron chi connectivity index (χ3n) is 3.48. The molecule has 0 spiro atoms. The van der Waals surface area contributed by atoms with Crippen LogP contribution in [0.1, 0.15) is 43.0 Å². The van der Waals surface area contributed by atoms with Crippen LogP contribution in [0.25, 0.3) is 0 Å². The largest absolute Gasteiger partial charge is 0.337 e. The fourth-order valence-electron chi connectivity index (χ4n) is 2.40. The van der Waals surface area contributed by atoms with Crippen LogP contribution in [0, 0.1) is 0 Å². The molecule has 1 saturated heterocycles. The van der Waals surface area contributed by atoms with Crippen LogP contribution in [-0.4, -0.2) is 46.5 Å². The molecule has 104 valence electrons. The summed E-state index contributed by atoms with van der Waals surface area (Å²) in [7, 11) is 0. The van der Waals surface area contributed by atoms with Crippen molar-refractivity contribution < 1.29 is 4.79 Å². The Morgan fingerprint density at radius 3 is 2.89 bits per heavy atom. The smallest absolute Gasteiger partial charge is 0.257 e. The molecule has 5 heteroatoms. The molecule has 5 nitrogen and oxygen atoms in total. The van der Waals surface area contributed by atoms with Gasteiger partial charge in [0.15, 0.2) is 0 Å². The minimum Gasteiger partial charge on any atom is -0.337 e. The molecule has 1 amide bonds. The van der Waals surface area contributed by atoms with Crippen molar-refractivity contribution in [3.63, 3.8) is 0 Å². The third-order valence-corrected chi connectivity index (χ3v) is 3.48. The Labute approximate surface area is 114 Å². The second-order valence-electron chi connectivity index (χ2n) is 5.03. The Kier molecular flexibility index (Phi) is 5.27. The summed E-state index contributed by atoms with van der Waals surface area (Å²) < 4.78 is 0. The van der Waals surface area contributed by atoms with E-state index in [9.17, 15) is 4.79 Å². The van der Waals surface area contributed by atoms with Gasteiger partial charge < -0.3 is 10.2 Å². The molecule has 0 saturated carbocycles. The first-order valence-electron chi connectivity index (χ1n) is 7.09. The third kappa shape index (κ3) is 3.99. The highest BCUT2D eigenvalue weighted by Gasteiger charge is 2.22. The predicted octanol–water partition coefficient (Wildman–Crippen LogP) is 1.47. The zero-order chi connectivity index (χ0) is 13.5. The molecule has 1 aromatic rings. The van der Waals surface area contributed by atoms with E-state index in [1.54, 1.807) is 12.4 Å². The van der Waals surface area contributed by atoms with Gasteiger partial charge in [-0.05, 0) is 25.8 Å². The van der Waals surface area contributed by atoms with Gasteiger partial charge in [-0.3, -0.25) is 4.79 Å². The van der Waals surface area contributed by atoms with Crippen LogP contribution in [0.15, 0.2) is 18.7 Å². The predicted molar refractivity (Wildman–Crippen MR) is 73.9 cm³/mol. The summed E-state index contributed by atoms with van der Waals surface area (Å²) in [4.78, 5) is 22.2. The number of amides is 1. The Hall–Kier alpha value is -1.49. The van der Waals surface area contributed by atoms with E-state index in [4.69, 9.17) is 0 Å². The molecule has 0 bridgehead atoms. The topological polar surface area (TPSA) is 58.1 Å². The van der Waals surface area contributed by atoms with E-state index in [-0.39, 0.29) is 5.91 Å². The first kappa shape index (κ1) is 13.9. The van der Waals surface area contributed by atoms with Crippen LogP contribution in [0.5, 0.6) is 0 Å². The van der Waals surface area contributed by atoms with Gasteiger partial charge in [-0.2, -0.15) is 0 Å². The molecule has 1 aliphatic heterocycles. The van der Waals surface area contributed by atoms with Gasteiger partial charge in [0.25, 0.3) is 5.91 Å². The molecule has 2 rings (SSSR count). The van der Waals surface area contributed by atoms with E-state index in [0.29, 0.717) is 11.6 Å². The summed E-state index contributed by atoms with van der Waals surface area (Å²) in [6, 6.07) is 0.436. The van der Waals surface area contributed by atoms with Crippen LogP contribution in [-0.2, 0) is 0 Å². The van der Waals surface area contributed by atoms with Crippen LogP contribution < -0.4 is 5.32 Å². The van der Waals surface area contributed by atoms with Crippen molar-refractivity contribution in [3.05, 3.63) is 24.3 Å². The van der Waals surface area contributed by atoms with Crippen molar-refractivity contribution in [3.8, 4) is 0 Å². The van der Waals surface area contributed by atoms with E-state index < -0.39 is 0 Å². The molecular formula is C14H22N4O. The molecule has 1 aliphatic rings. The second-order valence-corrected chi connectivity index (χ2v) is 5.03. The Bertz CT molecular complexity index is 390. The van der Waals surface area contributed by atoms with E-state index in [2.05, 4.69) is 22.2 Å². The summed E-state index contributed by atoms with van der Waals surface area (Å²) in [5, 5.41) is 3.44. The number of rotatable bonds is 6. The highest BCUT2D eigenvalue weighted by atomic mass is 16.2. The van der Waals surface area contributed by atoms with Crippen LogP contribution >= 0.6 is 0 Å². The number of hydrogen-bond donors (Lipinski definition) is 1. The summed E-state index contributed by atoms with van der Waals surface area (Å²) in [5.74, 6) is 0.0442. The zero-order valence-electron chi connectivity index (χ0n) is 11.5. The average Bonchev–Trinajstić information content (AvgIpc) is 2.96. The first-order chi connectivity index (χ1) is 9.31. The number of unbranched alkanes of at least 4 members (excludes halogenated alkanes) is 1. The number of hydrogen-bond acceptors (Lipinski definition) is 4. The fraction of sp³-hybridized carbons (Fsp3) is 0.643. The van der Waals surface area contributed by atoms with Gasteiger partial charge in [0.1, 0.15) is 6.33 Å². The molecule has 0 aliphatic carbocycles. The van der Waals surface area contributed by atoms with Crippen molar-refractivity contribution in [2.45, 2.75) is 38.6 Å². The van der Waals surface area contributed by atoms with E-state index in [0.717, 1.165) is 38.9 Å². The van der Waals surface area contributed by atoms with Crippen LogP contribution in [0.3, 0.4) is 0 Å². The highest BCUT2D eigenvalue weighted by molar-refractivity contribution is 5.93. The summed E-state index contributed by atoms with van der Waals surface area (Å²) in [6.07, 6.45) is 9.12. The van der Waals surface area contributed by atoms with Crippen LogP contribution in [0.4, 0.5) is 0 Å². The summed E-state index contributed by atoms with van der Waals surface area (Å²) in [5.41, 5.74) is 0.580. The van der Waals surface area contributed by atoms with Crippen LogP contribution in [0.2, 0.25) is 0 Å². The molecule has 1 fully saturated rings. The van der Waals surface area contributed by atoms with Gasteiger partial charge in [-0.1, -0.05) is 13.3 Å². The van der Waals surface area contributed by atoms with Crippen molar-refractivity contribution in [1.29, 1.82) is 0 Å². The van der Waals surface area contributed by atoms with Crippen molar-refractivity contribution in [1.82, 2.24) is 20.2 Å². The molecule has 1 unspecified atom stereocenters. The number of nitrogens with zero attached hydrogens (tertiary/aromatic N) is 3. The molecule has 2 heterocycles. The standard InChI is InChI=1S/C14H22N4O/c1-2-3-7-18(10-13-5-4-6-17-13)14(19)12-8-15-11-16-9-12/h8-9,11,13,17H,2-7,10H2,1H3. The van der Waals surface area contributed by atoms with Crippen molar-refractivity contribution in [2.24, 2.45) is 0 Å². The number of carbonyl (C=O) groups is 1. The Morgan fingerprint density at radius 1 is 1.47 bits per heavy atom. The van der Waals surface area contributed by atoms with E-state index in [1.165, 1.54) is 12.7 Å². The molecule has 0 aromatic carbocycles. The maximum absolute atomic E-state index is 12.5. The minimum atomic E-state index is 0.0442. The van der Waals surface area contributed by atoms with Gasteiger partial charge in [0.05, 0.1) is 5.56 Å². The Morgan fingerprint density at radius 2 is 2.26 bits per heavy atom. The van der Waals surface area contributed by atoms with Crippen molar-refractivity contribution >= 4 is 5.91 Å². The van der Waals surface area contributed by atoms with Gasteiger partial charge in [-0.15, -0.1) is 0 Å². The maximum atomic E-state index is 12.5. The maximum Gasteiger partial charge on any atom is 0.257 e. The number of carbonyl (C=O) groups excluding carboxylic acids is 1. The SMILES string of the molecule is CCCCN(CC1CCCN1)C(=O)c1cncnc1. The summed E-state index contributed by atoms with van der Waals surface area (Å²) in [6.45, 7) is 4.80. The fourth-order valence-corrected chi connectivity index (χ4v) is 2.40. The zero-order valence-corrected chi connectivity index (χ0v) is 11.5. The van der Waals surface area contributed by atoms with E-state index in [1.807, 2.05) is 4.90 Å². The second kappa shape index (κ2) is 7.19. The quantitative estimate of drug-likeness (QED) is 0.843. The molecule has 1 N–H and O–H groups in total. The molecule has 19 heavy (non-hydrogen) atoms. The highest BCUT2D eigenvalue weighted by Crippen LogP contribution is 2.10. The molecule has 1 atom stereocenters. The van der Waals surface area contributed by atoms with Crippen molar-refractivity contribution in [2.75, 3.05) is 19.6 Å². The van der Waals surface area contributed by atoms with Gasteiger partial charge in [0.2, 0.25) is 0 Å². The average molecular weight is 262 g/mol.